The van der Waals surface area contributed by atoms with Crippen molar-refractivity contribution >= 4 is 39.7 Å². The molecule has 2 N–H and O–H groups in total. The zero-order chi connectivity index (χ0) is 13.0. The van der Waals surface area contributed by atoms with Gasteiger partial charge in [0.25, 0.3) is 5.91 Å². The van der Waals surface area contributed by atoms with Crippen LogP contribution in [0.4, 0.5) is 4.39 Å². The Hall–Kier alpha value is -1.17. The van der Waals surface area contributed by atoms with Crippen LogP contribution in [0.3, 0.4) is 0 Å². The van der Waals surface area contributed by atoms with Crippen molar-refractivity contribution in [1.29, 1.82) is 0 Å². The number of carbonyl (C=O) groups excluding carboxylic acids is 1. The van der Waals surface area contributed by atoms with Gasteiger partial charge in [0, 0.05) is 11.2 Å². The summed E-state index contributed by atoms with van der Waals surface area (Å²) in [4.78, 5) is 12.5. The van der Waals surface area contributed by atoms with Crippen LogP contribution in [-0.4, -0.2) is 26.0 Å². The summed E-state index contributed by atoms with van der Waals surface area (Å²) in [6.45, 7) is 1.51. The Balaban J connectivity index is 0.00000180. The molecule has 0 aliphatic heterocycles. The highest BCUT2D eigenvalue weighted by Gasteiger charge is 2.09. The number of benzene rings is 1. The van der Waals surface area contributed by atoms with Gasteiger partial charge in [0.15, 0.2) is 0 Å². The van der Waals surface area contributed by atoms with Gasteiger partial charge in [-0.3, -0.25) is 4.79 Å². The molecule has 0 atom stereocenters. The lowest BCUT2D eigenvalue weighted by atomic mass is 10.2. The normalized spacial score (nSPS) is 10.2. The number of nitrogens with one attached hydrogen (secondary N) is 2. The largest absolute Gasteiger partial charge is 0.351 e. The lowest BCUT2D eigenvalue weighted by Gasteiger charge is -2.02. The Labute approximate surface area is 121 Å². The first-order valence-corrected chi connectivity index (χ1v) is 6.64. The molecule has 0 spiro atoms. The first-order valence-electron chi connectivity index (χ1n) is 5.82. The van der Waals surface area contributed by atoms with Gasteiger partial charge in [-0.15, -0.1) is 23.7 Å². The van der Waals surface area contributed by atoms with Gasteiger partial charge in [0.1, 0.15) is 5.82 Å². The highest BCUT2D eigenvalue weighted by Crippen LogP contribution is 2.26. The third-order valence-corrected chi connectivity index (χ3v) is 3.71. The van der Waals surface area contributed by atoms with E-state index in [0.717, 1.165) is 23.1 Å². The predicted octanol–water partition coefficient (Wildman–Crippen LogP) is 2.80. The zero-order valence-electron chi connectivity index (χ0n) is 10.5. The maximum Gasteiger partial charge on any atom is 0.261 e. The number of amides is 1. The van der Waals surface area contributed by atoms with Crippen LogP contribution in [-0.2, 0) is 0 Å². The van der Waals surface area contributed by atoms with Crippen LogP contribution in [0.1, 0.15) is 16.1 Å². The molecule has 2 aromatic rings. The molecule has 0 radical (unpaired) electrons. The average Bonchev–Trinajstić information content (AvgIpc) is 2.77. The van der Waals surface area contributed by atoms with E-state index < -0.39 is 0 Å². The van der Waals surface area contributed by atoms with Crippen LogP contribution in [0.5, 0.6) is 0 Å². The minimum atomic E-state index is -0.277. The number of halogens is 2. The molecule has 0 saturated heterocycles. The van der Waals surface area contributed by atoms with Gasteiger partial charge in [-0.1, -0.05) is 0 Å². The van der Waals surface area contributed by atoms with E-state index in [-0.39, 0.29) is 24.1 Å². The number of fused-ring (bicyclic) bond motifs is 1. The van der Waals surface area contributed by atoms with Gasteiger partial charge in [-0.25, -0.2) is 4.39 Å². The lowest BCUT2D eigenvalue weighted by Crippen LogP contribution is -2.25. The molecule has 0 fully saturated rings. The molecule has 104 valence electrons. The Morgan fingerprint density at radius 1 is 1.32 bits per heavy atom. The molecule has 1 heterocycles. The molecule has 0 unspecified atom stereocenters. The number of hydrogen-bond donors (Lipinski definition) is 2. The van der Waals surface area contributed by atoms with E-state index >= 15 is 0 Å². The van der Waals surface area contributed by atoms with Gasteiger partial charge >= 0.3 is 0 Å². The average molecular weight is 303 g/mol. The maximum atomic E-state index is 13.0. The topological polar surface area (TPSA) is 41.1 Å². The van der Waals surface area contributed by atoms with Crippen LogP contribution >= 0.6 is 23.7 Å². The third kappa shape index (κ3) is 4.16. The van der Waals surface area contributed by atoms with Crippen LogP contribution < -0.4 is 10.6 Å². The number of thiophene rings is 1. The van der Waals surface area contributed by atoms with Crippen molar-refractivity contribution in [3.8, 4) is 0 Å². The van der Waals surface area contributed by atoms with Crippen LogP contribution in [0.15, 0.2) is 24.3 Å². The smallest absolute Gasteiger partial charge is 0.261 e. The van der Waals surface area contributed by atoms with Gasteiger partial charge in [-0.2, -0.15) is 0 Å². The first kappa shape index (κ1) is 15.9. The molecule has 3 nitrogen and oxygen atoms in total. The van der Waals surface area contributed by atoms with E-state index in [4.69, 9.17) is 0 Å². The monoisotopic (exact) mass is 302 g/mol. The zero-order valence-corrected chi connectivity index (χ0v) is 12.2. The van der Waals surface area contributed by atoms with E-state index in [9.17, 15) is 9.18 Å². The second kappa shape index (κ2) is 7.43. The Kier molecular flexibility index (Phi) is 6.21. The molecule has 2 rings (SSSR count). The molecule has 1 aromatic carbocycles. The summed E-state index contributed by atoms with van der Waals surface area (Å²) in [6, 6.07) is 6.29. The van der Waals surface area contributed by atoms with Crippen molar-refractivity contribution in [2.24, 2.45) is 0 Å². The number of carbonyl (C=O) groups is 1. The van der Waals surface area contributed by atoms with E-state index in [2.05, 4.69) is 10.6 Å². The molecule has 19 heavy (non-hydrogen) atoms. The van der Waals surface area contributed by atoms with E-state index in [0.29, 0.717) is 11.4 Å². The molecule has 1 amide bonds. The summed E-state index contributed by atoms with van der Waals surface area (Å²) in [5.74, 6) is -0.367. The number of rotatable bonds is 5. The van der Waals surface area contributed by atoms with Crippen molar-refractivity contribution in [3.05, 3.63) is 35.0 Å². The minimum Gasteiger partial charge on any atom is -0.351 e. The van der Waals surface area contributed by atoms with E-state index in [1.54, 1.807) is 12.1 Å². The fraction of sp³-hybridized carbons (Fsp3) is 0.308. The van der Waals surface area contributed by atoms with Crippen molar-refractivity contribution < 1.29 is 9.18 Å². The summed E-state index contributed by atoms with van der Waals surface area (Å²) < 4.78 is 14.0. The van der Waals surface area contributed by atoms with Crippen LogP contribution in [0, 0.1) is 5.82 Å². The van der Waals surface area contributed by atoms with Crippen molar-refractivity contribution in [1.82, 2.24) is 10.6 Å². The summed E-state index contributed by atoms with van der Waals surface area (Å²) >= 11 is 1.38. The predicted molar refractivity (Wildman–Crippen MR) is 79.9 cm³/mol. The first-order chi connectivity index (χ1) is 8.70. The van der Waals surface area contributed by atoms with E-state index in [1.807, 2.05) is 7.05 Å². The highest BCUT2D eigenvalue weighted by atomic mass is 35.5. The Morgan fingerprint density at radius 3 is 2.84 bits per heavy atom. The second-order valence-electron chi connectivity index (χ2n) is 4.01. The number of hydrogen-bond acceptors (Lipinski definition) is 3. The fourth-order valence-corrected chi connectivity index (χ4v) is 2.64. The summed E-state index contributed by atoms with van der Waals surface area (Å²) in [5, 5.41) is 6.64. The summed E-state index contributed by atoms with van der Waals surface area (Å²) in [5.41, 5.74) is 0. The van der Waals surface area contributed by atoms with Crippen molar-refractivity contribution in [3.63, 3.8) is 0 Å². The standard InChI is InChI=1S/C13H15FN2OS.ClH/c1-15-5-2-6-16-13(17)12-8-9-7-10(14)3-4-11(9)18-12;/h3-4,7-8,15H,2,5-6H2,1H3,(H,16,17);1H. The van der Waals surface area contributed by atoms with Gasteiger partial charge in [0.05, 0.1) is 4.88 Å². The molecule has 6 heteroatoms. The molecular weight excluding hydrogens is 287 g/mol. The van der Waals surface area contributed by atoms with Crippen LogP contribution in [0.25, 0.3) is 10.1 Å². The van der Waals surface area contributed by atoms with Gasteiger partial charge < -0.3 is 10.6 Å². The van der Waals surface area contributed by atoms with Gasteiger partial charge in [-0.05, 0) is 49.7 Å². The lowest BCUT2D eigenvalue weighted by molar-refractivity contribution is 0.0957. The second-order valence-corrected chi connectivity index (χ2v) is 5.09. The maximum absolute atomic E-state index is 13.0. The Morgan fingerprint density at radius 2 is 2.11 bits per heavy atom. The summed E-state index contributed by atoms with van der Waals surface area (Å²) in [7, 11) is 1.88. The molecule has 0 bridgehead atoms. The van der Waals surface area contributed by atoms with Crippen LogP contribution in [0.2, 0.25) is 0 Å². The van der Waals surface area contributed by atoms with E-state index in [1.165, 1.54) is 23.5 Å². The molecule has 0 saturated carbocycles. The quantitative estimate of drug-likeness (QED) is 0.834. The Bertz CT molecular complexity index is 559. The third-order valence-electron chi connectivity index (χ3n) is 2.59. The van der Waals surface area contributed by atoms with Crippen molar-refractivity contribution in [2.75, 3.05) is 20.1 Å². The van der Waals surface area contributed by atoms with Crippen molar-refractivity contribution in [2.45, 2.75) is 6.42 Å². The SMILES string of the molecule is CNCCCNC(=O)c1cc2cc(F)ccc2s1.Cl. The fourth-order valence-electron chi connectivity index (χ4n) is 1.68. The van der Waals surface area contributed by atoms with Gasteiger partial charge in [0.2, 0.25) is 0 Å². The molecular formula is C13H16ClFN2OS. The minimum absolute atomic E-state index is 0. The molecule has 0 aliphatic rings. The highest BCUT2D eigenvalue weighted by molar-refractivity contribution is 7.20. The summed E-state index contributed by atoms with van der Waals surface area (Å²) in [6.07, 6.45) is 0.891. The molecule has 1 aromatic heterocycles. The molecule has 0 aliphatic carbocycles.